The van der Waals surface area contributed by atoms with Crippen LogP contribution >= 0.6 is 0 Å². The standard InChI is InChI=1S/C16H24N4O3/c1-18-10-3-11-19(13-12-18)16(21)4-2-9-17-14-5-7-15(8-6-14)20(22)23/h5-8,17H,2-4,9-13H2,1H3. The van der Waals surface area contributed by atoms with Crippen LogP contribution in [0.4, 0.5) is 11.4 Å². The lowest BCUT2D eigenvalue weighted by molar-refractivity contribution is -0.384. The number of hydrogen-bond donors (Lipinski definition) is 1. The first-order valence-electron chi connectivity index (χ1n) is 8.01. The van der Waals surface area contributed by atoms with Gasteiger partial charge in [0.2, 0.25) is 5.91 Å². The highest BCUT2D eigenvalue weighted by molar-refractivity contribution is 5.76. The summed E-state index contributed by atoms with van der Waals surface area (Å²) in [5, 5.41) is 13.8. The number of carbonyl (C=O) groups excluding carboxylic acids is 1. The molecule has 0 bridgehead atoms. The van der Waals surface area contributed by atoms with Crippen molar-refractivity contribution >= 4 is 17.3 Å². The van der Waals surface area contributed by atoms with E-state index in [1.165, 1.54) is 12.1 Å². The molecule has 1 aliphatic rings. The second kappa shape index (κ2) is 8.47. The number of nitrogens with zero attached hydrogens (tertiary/aromatic N) is 3. The van der Waals surface area contributed by atoms with E-state index in [4.69, 9.17) is 0 Å². The largest absolute Gasteiger partial charge is 0.385 e. The number of anilines is 1. The number of amides is 1. The average molecular weight is 320 g/mol. The molecule has 0 radical (unpaired) electrons. The van der Waals surface area contributed by atoms with Gasteiger partial charge in [0.25, 0.3) is 5.69 Å². The van der Waals surface area contributed by atoms with Crippen LogP contribution in [0.1, 0.15) is 19.3 Å². The summed E-state index contributed by atoms with van der Waals surface area (Å²) in [5.74, 6) is 0.214. The fourth-order valence-corrected chi connectivity index (χ4v) is 2.63. The highest BCUT2D eigenvalue weighted by atomic mass is 16.6. The molecule has 0 aromatic heterocycles. The molecule has 1 heterocycles. The lowest BCUT2D eigenvalue weighted by Gasteiger charge is -2.20. The molecule has 7 nitrogen and oxygen atoms in total. The van der Waals surface area contributed by atoms with Gasteiger partial charge in [-0.1, -0.05) is 0 Å². The maximum atomic E-state index is 12.2. The molecule has 1 aromatic rings. The van der Waals surface area contributed by atoms with Crippen LogP contribution in [0.5, 0.6) is 0 Å². The number of carbonyl (C=O) groups is 1. The van der Waals surface area contributed by atoms with Crippen LogP contribution in [0.3, 0.4) is 0 Å². The molecule has 1 saturated heterocycles. The zero-order valence-electron chi connectivity index (χ0n) is 13.5. The third-order valence-corrected chi connectivity index (χ3v) is 4.05. The summed E-state index contributed by atoms with van der Waals surface area (Å²) < 4.78 is 0. The van der Waals surface area contributed by atoms with E-state index in [0.29, 0.717) is 13.0 Å². The van der Waals surface area contributed by atoms with Gasteiger partial charge < -0.3 is 15.1 Å². The molecule has 1 N–H and O–H groups in total. The fraction of sp³-hybridized carbons (Fsp3) is 0.562. The van der Waals surface area contributed by atoms with Crippen LogP contribution in [0.2, 0.25) is 0 Å². The van der Waals surface area contributed by atoms with E-state index in [0.717, 1.165) is 44.7 Å². The molecule has 0 unspecified atom stereocenters. The third kappa shape index (κ3) is 5.52. The summed E-state index contributed by atoms with van der Waals surface area (Å²) in [6, 6.07) is 6.32. The molecule has 0 spiro atoms. The van der Waals surface area contributed by atoms with Gasteiger partial charge in [-0.2, -0.15) is 0 Å². The molecule has 126 valence electrons. The lowest BCUT2D eigenvalue weighted by Crippen LogP contribution is -2.34. The molecule has 0 aliphatic carbocycles. The predicted octanol–water partition coefficient (Wildman–Crippen LogP) is 1.95. The second-order valence-corrected chi connectivity index (χ2v) is 5.87. The number of hydrogen-bond acceptors (Lipinski definition) is 5. The van der Waals surface area contributed by atoms with E-state index in [2.05, 4.69) is 17.3 Å². The Morgan fingerprint density at radius 2 is 1.96 bits per heavy atom. The number of nitrogens with one attached hydrogen (secondary N) is 1. The van der Waals surface area contributed by atoms with Crippen molar-refractivity contribution < 1.29 is 9.72 Å². The SMILES string of the molecule is CN1CCCN(C(=O)CCCNc2ccc([N+](=O)[O-])cc2)CC1. The van der Waals surface area contributed by atoms with Crippen molar-refractivity contribution in [2.75, 3.05) is 45.1 Å². The van der Waals surface area contributed by atoms with Gasteiger partial charge in [-0.15, -0.1) is 0 Å². The van der Waals surface area contributed by atoms with E-state index >= 15 is 0 Å². The van der Waals surface area contributed by atoms with Gasteiger partial charge in [-0.05, 0) is 38.6 Å². The Kier molecular flexibility index (Phi) is 6.34. The highest BCUT2D eigenvalue weighted by Crippen LogP contribution is 2.15. The molecule has 1 aromatic carbocycles. The number of rotatable bonds is 6. The predicted molar refractivity (Wildman–Crippen MR) is 89.5 cm³/mol. The molecule has 7 heteroatoms. The normalized spacial score (nSPS) is 16.0. The van der Waals surface area contributed by atoms with Crippen LogP contribution in [0.15, 0.2) is 24.3 Å². The Balaban J connectivity index is 1.68. The minimum atomic E-state index is -0.416. The molecule has 23 heavy (non-hydrogen) atoms. The van der Waals surface area contributed by atoms with Crippen LogP contribution in [0, 0.1) is 10.1 Å². The summed E-state index contributed by atoms with van der Waals surface area (Å²) >= 11 is 0. The fourth-order valence-electron chi connectivity index (χ4n) is 2.63. The monoisotopic (exact) mass is 320 g/mol. The van der Waals surface area contributed by atoms with Crippen molar-refractivity contribution in [3.63, 3.8) is 0 Å². The van der Waals surface area contributed by atoms with Gasteiger partial charge in [0, 0.05) is 50.4 Å². The molecule has 1 amide bonds. The van der Waals surface area contributed by atoms with E-state index in [-0.39, 0.29) is 11.6 Å². The van der Waals surface area contributed by atoms with Gasteiger partial charge in [-0.3, -0.25) is 14.9 Å². The number of benzene rings is 1. The second-order valence-electron chi connectivity index (χ2n) is 5.87. The van der Waals surface area contributed by atoms with Crippen LogP contribution < -0.4 is 5.32 Å². The first-order valence-corrected chi connectivity index (χ1v) is 8.01. The van der Waals surface area contributed by atoms with Crippen molar-refractivity contribution in [3.05, 3.63) is 34.4 Å². The topological polar surface area (TPSA) is 78.7 Å². The van der Waals surface area contributed by atoms with E-state index < -0.39 is 4.92 Å². The Morgan fingerprint density at radius 1 is 1.22 bits per heavy atom. The van der Waals surface area contributed by atoms with E-state index in [9.17, 15) is 14.9 Å². The van der Waals surface area contributed by atoms with Crippen molar-refractivity contribution in [1.29, 1.82) is 0 Å². The van der Waals surface area contributed by atoms with Gasteiger partial charge >= 0.3 is 0 Å². The molecule has 0 saturated carbocycles. The molecular formula is C16H24N4O3. The van der Waals surface area contributed by atoms with E-state index in [1.54, 1.807) is 12.1 Å². The van der Waals surface area contributed by atoms with Gasteiger partial charge in [0.05, 0.1) is 4.92 Å². The Labute approximate surface area is 136 Å². The number of nitro benzene ring substituents is 1. The Hall–Kier alpha value is -2.15. The summed E-state index contributed by atoms with van der Waals surface area (Å²) in [6.07, 6.45) is 2.31. The highest BCUT2D eigenvalue weighted by Gasteiger charge is 2.16. The van der Waals surface area contributed by atoms with Crippen LogP contribution in [-0.2, 0) is 4.79 Å². The summed E-state index contributed by atoms with van der Waals surface area (Å²) in [7, 11) is 2.09. The van der Waals surface area contributed by atoms with Crippen molar-refractivity contribution in [3.8, 4) is 0 Å². The Morgan fingerprint density at radius 3 is 2.65 bits per heavy atom. The zero-order chi connectivity index (χ0) is 16.7. The summed E-state index contributed by atoms with van der Waals surface area (Å²) in [4.78, 5) is 26.6. The number of nitro groups is 1. The molecule has 1 aliphatic heterocycles. The average Bonchev–Trinajstić information content (AvgIpc) is 2.76. The van der Waals surface area contributed by atoms with Crippen molar-refractivity contribution in [2.45, 2.75) is 19.3 Å². The molecule has 0 atom stereocenters. The smallest absolute Gasteiger partial charge is 0.269 e. The van der Waals surface area contributed by atoms with Crippen molar-refractivity contribution in [2.24, 2.45) is 0 Å². The molecule has 1 fully saturated rings. The maximum absolute atomic E-state index is 12.2. The van der Waals surface area contributed by atoms with Gasteiger partial charge in [0.1, 0.15) is 0 Å². The molecular weight excluding hydrogens is 296 g/mol. The first-order chi connectivity index (χ1) is 11.1. The van der Waals surface area contributed by atoms with Crippen LogP contribution in [-0.4, -0.2) is 60.4 Å². The number of likely N-dealkylation sites (N-methyl/N-ethyl adjacent to an activating group) is 1. The lowest BCUT2D eigenvalue weighted by atomic mass is 10.2. The van der Waals surface area contributed by atoms with Crippen LogP contribution in [0.25, 0.3) is 0 Å². The molecule has 2 rings (SSSR count). The zero-order valence-corrected chi connectivity index (χ0v) is 13.5. The third-order valence-electron chi connectivity index (χ3n) is 4.05. The van der Waals surface area contributed by atoms with E-state index in [1.807, 2.05) is 4.90 Å². The summed E-state index contributed by atoms with van der Waals surface area (Å²) in [5.41, 5.74) is 0.913. The van der Waals surface area contributed by atoms with Gasteiger partial charge in [-0.25, -0.2) is 0 Å². The van der Waals surface area contributed by atoms with Crippen molar-refractivity contribution in [1.82, 2.24) is 9.80 Å². The van der Waals surface area contributed by atoms with Gasteiger partial charge in [0.15, 0.2) is 0 Å². The number of non-ortho nitro benzene ring substituents is 1. The minimum Gasteiger partial charge on any atom is -0.385 e. The maximum Gasteiger partial charge on any atom is 0.269 e. The first kappa shape index (κ1) is 17.2. The Bertz CT molecular complexity index is 533. The minimum absolute atomic E-state index is 0.0804. The summed E-state index contributed by atoms with van der Waals surface area (Å²) in [6.45, 7) is 4.32. The quantitative estimate of drug-likeness (QED) is 0.492.